The molecule has 1 saturated heterocycles. The van der Waals surface area contributed by atoms with E-state index in [1.165, 1.54) is 11.4 Å². The first-order chi connectivity index (χ1) is 13.9. The Bertz CT molecular complexity index is 1020. The number of hydrogen-bond donors (Lipinski definition) is 0. The van der Waals surface area contributed by atoms with Crippen molar-refractivity contribution in [2.24, 2.45) is 0 Å². The summed E-state index contributed by atoms with van der Waals surface area (Å²) in [6.07, 6.45) is 1.16. The number of ketones is 1. The molecule has 29 heavy (non-hydrogen) atoms. The zero-order chi connectivity index (χ0) is 20.6. The molecule has 0 saturated carbocycles. The van der Waals surface area contributed by atoms with Crippen LogP contribution in [0.1, 0.15) is 29.6 Å². The predicted molar refractivity (Wildman–Crippen MR) is 106 cm³/mol. The van der Waals surface area contributed by atoms with Crippen LogP contribution in [0.4, 0.5) is 0 Å². The summed E-state index contributed by atoms with van der Waals surface area (Å²) in [7, 11) is -0.518. The Morgan fingerprint density at radius 3 is 2.21 bits per heavy atom. The van der Waals surface area contributed by atoms with Crippen LogP contribution in [0.5, 0.6) is 17.2 Å². The third kappa shape index (κ3) is 3.58. The summed E-state index contributed by atoms with van der Waals surface area (Å²) in [5.74, 6) is 1.74. The molecule has 1 fully saturated rings. The molecule has 2 aliphatic rings. The van der Waals surface area contributed by atoms with Gasteiger partial charge in [0.15, 0.2) is 5.78 Å². The van der Waals surface area contributed by atoms with E-state index in [0.717, 1.165) is 0 Å². The number of rotatable bonds is 4. The summed E-state index contributed by atoms with van der Waals surface area (Å²) in [4.78, 5) is 12.9. The van der Waals surface area contributed by atoms with E-state index in [2.05, 4.69) is 0 Å². The fraction of sp³-hybridized carbons (Fsp3) is 0.381. The molecule has 8 heteroatoms. The number of benzene rings is 2. The second kappa shape index (κ2) is 7.35. The second-order valence-corrected chi connectivity index (χ2v) is 9.26. The molecule has 2 heterocycles. The highest BCUT2D eigenvalue weighted by Crippen LogP contribution is 2.41. The normalized spacial score (nSPS) is 18.8. The zero-order valence-electron chi connectivity index (χ0n) is 16.4. The van der Waals surface area contributed by atoms with E-state index in [4.69, 9.17) is 14.2 Å². The minimum Gasteiger partial charge on any atom is -0.497 e. The Morgan fingerprint density at radius 2 is 1.59 bits per heavy atom. The molecule has 0 bridgehead atoms. The molecule has 2 aliphatic heterocycles. The molecule has 0 atom stereocenters. The van der Waals surface area contributed by atoms with Gasteiger partial charge in [0.25, 0.3) is 0 Å². The zero-order valence-corrected chi connectivity index (χ0v) is 17.2. The van der Waals surface area contributed by atoms with Gasteiger partial charge in [0.05, 0.1) is 31.1 Å². The van der Waals surface area contributed by atoms with Gasteiger partial charge in [-0.25, -0.2) is 8.42 Å². The van der Waals surface area contributed by atoms with Crippen LogP contribution < -0.4 is 14.2 Å². The molecule has 0 unspecified atom stereocenters. The van der Waals surface area contributed by atoms with Crippen LogP contribution in [-0.4, -0.2) is 51.4 Å². The van der Waals surface area contributed by atoms with Gasteiger partial charge >= 0.3 is 0 Å². The summed E-state index contributed by atoms with van der Waals surface area (Å²) in [6.45, 7) is 0.597. The maximum absolute atomic E-state index is 13.0. The third-order valence-electron chi connectivity index (χ3n) is 5.63. The molecule has 0 amide bonds. The maximum atomic E-state index is 13.0. The van der Waals surface area contributed by atoms with Crippen molar-refractivity contribution in [1.29, 1.82) is 0 Å². The molecule has 0 N–H and O–H groups in total. The van der Waals surface area contributed by atoms with Gasteiger partial charge in [0.2, 0.25) is 10.0 Å². The van der Waals surface area contributed by atoms with Gasteiger partial charge in [-0.3, -0.25) is 4.79 Å². The van der Waals surface area contributed by atoms with Gasteiger partial charge in [-0.1, -0.05) is 0 Å². The van der Waals surface area contributed by atoms with Gasteiger partial charge in [0.1, 0.15) is 22.8 Å². The summed E-state index contributed by atoms with van der Waals surface area (Å²) in [5, 5.41) is 0. The highest BCUT2D eigenvalue weighted by Gasteiger charge is 2.45. The molecule has 7 nitrogen and oxygen atoms in total. The fourth-order valence-electron chi connectivity index (χ4n) is 3.91. The van der Waals surface area contributed by atoms with Crippen LogP contribution in [-0.2, 0) is 10.0 Å². The average Bonchev–Trinajstić information content (AvgIpc) is 2.74. The van der Waals surface area contributed by atoms with E-state index in [0.29, 0.717) is 48.7 Å². The van der Waals surface area contributed by atoms with E-state index in [9.17, 15) is 13.2 Å². The van der Waals surface area contributed by atoms with E-state index in [1.807, 2.05) is 0 Å². The molecule has 0 radical (unpaired) electrons. The molecule has 0 aliphatic carbocycles. The number of nitrogens with zero attached hydrogens (tertiary/aromatic N) is 1. The average molecular weight is 417 g/mol. The van der Waals surface area contributed by atoms with E-state index in [1.54, 1.807) is 49.6 Å². The van der Waals surface area contributed by atoms with Crippen LogP contribution >= 0.6 is 0 Å². The number of piperidine rings is 1. The monoisotopic (exact) mass is 417 g/mol. The lowest BCUT2D eigenvalue weighted by Gasteiger charge is -2.43. The smallest absolute Gasteiger partial charge is 0.243 e. The first-order valence-electron chi connectivity index (χ1n) is 9.41. The van der Waals surface area contributed by atoms with Crippen molar-refractivity contribution in [3.8, 4) is 17.2 Å². The number of sulfonamides is 1. The molecule has 0 aromatic heterocycles. The van der Waals surface area contributed by atoms with Gasteiger partial charge in [-0.05, 0) is 42.5 Å². The number of ether oxygens (including phenoxy) is 3. The minimum absolute atomic E-state index is 0.00314. The van der Waals surface area contributed by atoms with Gasteiger partial charge in [-0.2, -0.15) is 4.31 Å². The van der Waals surface area contributed by atoms with Crippen molar-refractivity contribution in [3.63, 3.8) is 0 Å². The molecule has 2 aromatic rings. The Morgan fingerprint density at radius 1 is 0.966 bits per heavy atom. The van der Waals surface area contributed by atoms with Crippen molar-refractivity contribution < 1.29 is 27.4 Å². The molecule has 154 valence electrons. The highest BCUT2D eigenvalue weighted by molar-refractivity contribution is 7.89. The molecule has 2 aromatic carbocycles. The van der Waals surface area contributed by atoms with Crippen LogP contribution in [0.3, 0.4) is 0 Å². The second-order valence-electron chi connectivity index (χ2n) is 7.33. The number of hydrogen-bond acceptors (Lipinski definition) is 6. The van der Waals surface area contributed by atoms with Crippen molar-refractivity contribution in [2.75, 3.05) is 27.3 Å². The largest absolute Gasteiger partial charge is 0.497 e. The van der Waals surface area contributed by atoms with Crippen LogP contribution in [0.15, 0.2) is 47.4 Å². The summed E-state index contributed by atoms with van der Waals surface area (Å²) < 4.78 is 43.9. The van der Waals surface area contributed by atoms with Gasteiger partial charge in [-0.15, -0.1) is 0 Å². The van der Waals surface area contributed by atoms with Crippen molar-refractivity contribution in [1.82, 2.24) is 4.31 Å². The van der Waals surface area contributed by atoms with Crippen molar-refractivity contribution in [2.45, 2.75) is 29.8 Å². The number of fused-ring (bicyclic) bond motifs is 1. The quantitative estimate of drug-likeness (QED) is 0.761. The topological polar surface area (TPSA) is 82.1 Å². The van der Waals surface area contributed by atoms with E-state index >= 15 is 0 Å². The van der Waals surface area contributed by atoms with Crippen LogP contribution in [0.2, 0.25) is 0 Å². The third-order valence-corrected chi connectivity index (χ3v) is 7.54. The summed E-state index contributed by atoms with van der Waals surface area (Å²) in [6, 6.07) is 11.5. The van der Waals surface area contributed by atoms with Crippen molar-refractivity contribution in [3.05, 3.63) is 48.0 Å². The van der Waals surface area contributed by atoms with Gasteiger partial charge in [0, 0.05) is 25.9 Å². The highest BCUT2D eigenvalue weighted by atomic mass is 32.2. The standard InChI is InChI=1S/C21H23NO6S/c1-26-15-3-6-17(7-4-15)29(24,25)22-11-9-21(10-12-22)14-19(23)18-13-16(27-2)5-8-20(18)28-21/h3-8,13H,9-12,14H2,1-2H3. The molecular formula is C21H23NO6S. The Kier molecular flexibility index (Phi) is 5.00. The van der Waals surface area contributed by atoms with E-state index < -0.39 is 15.6 Å². The Hall–Kier alpha value is -2.58. The van der Waals surface area contributed by atoms with E-state index in [-0.39, 0.29) is 17.1 Å². The first-order valence-corrected chi connectivity index (χ1v) is 10.9. The molecule has 4 rings (SSSR count). The number of carbonyl (C=O) groups is 1. The lowest BCUT2D eigenvalue weighted by molar-refractivity contribution is 0.00584. The van der Waals surface area contributed by atoms with Crippen molar-refractivity contribution >= 4 is 15.8 Å². The number of methoxy groups -OCH3 is 2. The Labute approximate surface area is 170 Å². The fourth-order valence-corrected chi connectivity index (χ4v) is 5.35. The maximum Gasteiger partial charge on any atom is 0.243 e. The van der Waals surface area contributed by atoms with Crippen LogP contribution in [0.25, 0.3) is 0 Å². The predicted octanol–water partition coefficient (Wildman–Crippen LogP) is 2.89. The Balaban J connectivity index is 1.50. The number of Topliss-reactive ketones (excluding diaryl/α,β-unsaturated/α-hetero) is 1. The summed E-state index contributed by atoms with van der Waals surface area (Å²) >= 11 is 0. The van der Waals surface area contributed by atoms with Gasteiger partial charge < -0.3 is 14.2 Å². The molecule has 1 spiro atoms. The minimum atomic E-state index is -3.60. The lowest BCUT2D eigenvalue weighted by atomic mass is 9.83. The first kappa shape index (κ1) is 19.7. The lowest BCUT2D eigenvalue weighted by Crippen LogP contribution is -2.52. The molecular weight excluding hydrogens is 394 g/mol. The summed E-state index contributed by atoms with van der Waals surface area (Å²) in [5.41, 5.74) is -0.145. The SMILES string of the molecule is COc1ccc(S(=O)(=O)N2CCC3(CC2)CC(=O)c2cc(OC)ccc2O3)cc1. The number of carbonyl (C=O) groups excluding carboxylic acids is 1. The van der Waals surface area contributed by atoms with Crippen LogP contribution in [0, 0.1) is 0 Å².